The van der Waals surface area contributed by atoms with Crippen molar-refractivity contribution in [2.75, 3.05) is 0 Å². The highest BCUT2D eigenvalue weighted by atomic mass is 16.4. The van der Waals surface area contributed by atoms with Gasteiger partial charge in [-0.3, -0.25) is 4.79 Å². The first-order chi connectivity index (χ1) is 5.59. The van der Waals surface area contributed by atoms with E-state index in [-0.39, 0.29) is 20.8 Å². The number of carboxylic acid groups (broad SMARTS) is 1. The first-order valence-corrected chi connectivity index (χ1v) is 4.82. The lowest BCUT2D eigenvalue weighted by Crippen LogP contribution is -2.06. The second kappa shape index (κ2) is 18.3. The molecule has 2 heteroatoms. The molecule has 0 rings (SSSR count). The van der Waals surface area contributed by atoms with Crippen LogP contribution in [0.5, 0.6) is 0 Å². The van der Waals surface area contributed by atoms with Gasteiger partial charge >= 0.3 is 5.97 Å². The first kappa shape index (κ1) is 23.4. The molecule has 0 radical (unpaired) electrons. The summed E-state index contributed by atoms with van der Waals surface area (Å²) in [5, 5.41) is 8.18. The van der Waals surface area contributed by atoms with Crippen molar-refractivity contribution < 1.29 is 9.90 Å². The highest BCUT2D eigenvalue weighted by Crippen LogP contribution is 1.97. The van der Waals surface area contributed by atoms with Crippen LogP contribution in [-0.2, 0) is 4.79 Å². The van der Waals surface area contributed by atoms with Crippen LogP contribution in [0.1, 0.15) is 68.2 Å². The molecule has 1 N–H and O–H groups in total. The average Bonchev–Trinajstić information content (AvgIpc) is 2.05. The van der Waals surface area contributed by atoms with Gasteiger partial charge in [-0.05, 0) is 6.42 Å². The van der Waals surface area contributed by atoms with E-state index in [2.05, 4.69) is 13.8 Å². The summed E-state index contributed by atoms with van der Waals surface area (Å²) in [5.74, 6) is -0.887. The summed E-state index contributed by atoms with van der Waals surface area (Å²) < 4.78 is 0. The number of aliphatic carboxylic acids is 1. The molecule has 0 aromatic heterocycles. The van der Waals surface area contributed by atoms with Gasteiger partial charge in [0.2, 0.25) is 0 Å². The zero-order valence-corrected chi connectivity index (χ0v) is 8.76. The second-order valence-electron chi connectivity index (χ2n) is 3.00. The van der Waals surface area contributed by atoms with Gasteiger partial charge in [0.15, 0.2) is 0 Å². The smallest absolute Gasteiger partial charge is 0.306 e. The predicted octanol–water partition coefficient (Wildman–Crippen LogP) is 4.59. The molecular weight excluding hydrogens is 176 g/mol. The third-order valence-electron chi connectivity index (χ3n) is 1.74. The summed E-state index contributed by atoms with van der Waals surface area (Å²) >= 11 is 0. The molecule has 14 heavy (non-hydrogen) atoms. The lowest BCUT2D eigenvalue weighted by atomic mass is 10.1. The molecular formula is C12H30O2. The maximum absolute atomic E-state index is 9.93. The fourth-order valence-electron chi connectivity index (χ4n) is 0.528. The first-order valence-electron chi connectivity index (χ1n) is 4.82. The minimum Gasteiger partial charge on any atom is -0.481 e. The topological polar surface area (TPSA) is 37.3 Å². The van der Waals surface area contributed by atoms with Crippen LogP contribution in [0, 0.1) is 5.92 Å². The van der Waals surface area contributed by atoms with E-state index in [9.17, 15) is 4.79 Å². The van der Waals surface area contributed by atoms with E-state index >= 15 is 0 Å². The van der Waals surface area contributed by atoms with E-state index in [0.29, 0.717) is 0 Å². The van der Waals surface area contributed by atoms with Gasteiger partial charge in [0.25, 0.3) is 0 Å². The largest absolute Gasteiger partial charge is 0.481 e. The summed E-state index contributed by atoms with van der Waals surface area (Å²) in [7, 11) is 0. The van der Waals surface area contributed by atoms with E-state index in [1.807, 2.05) is 6.92 Å². The second-order valence-corrected chi connectivity index (χ2v) is 3.00. The maximum atomic E-state index is 9.93. The van der Waals surface area contributed by atoms with Crippen LogP contribution < -0.4 is 0 Å². The molecule has 1 unspecified atom stereocenters. The summed E-state index contributed by atoms with van der Waals surface area (Å²) in [4.78, 5) is 9.93. The van der Waals surface area contributed by atoms with Crippen molar-refractivity contribution in [2.24, 2.45) is 5.92 Å². The van der Waals surface area contributed by atoms with Gasteiger partial charge in [0.1, 0.15) is 0 Å². The Morgan fingerprint density at radius 2 is 1.50 bits per heavy atom. The van der Waals surface area contributed by atoms with Crippen LogP contribution in [-0.4, -0.2) is 11.1 Å². The lowest BCUT2D eigenvalue weighted by Gasteiger charge is -1.96. The van der Waals surface area contributed by atoms with Crippen LogP contribution in [0.4, 0.5) is 0 Å². The minimum atomic E-state index is -0.706. The Bertz CT molecular complexity index is 98.5. The van der Waals surface area contributed by atoms with Crippen molar-refractivity contribution in [3.63, 3.8) is 0 Å². The van der Waals surface area contributed by atoms with E-state index in [0.717, 1.165) is 6.42 Å². The number of rotatable bonds is 4. The zero-order chi connectivity index (χ0) is 9.98. The Hall–Kier alpha value is -0.530. The van der Waals surface area contributed by atoms with Crippen LogP contribution in [0.15, 0.2) is 0 Å². The van der Waals surface area contributed by atoms with Crippen molar-refractivity contribution in [1.82, 2.24) is 0 Å². The Morgan fingerprint density at radius 3 is 1.50 bits per heavy atom. The lowest BCUT2D eigenvalue weighted by molar-refractivity contribution is -0.141. The Kier molecular flexibility index (Phi) is 30.5. The average molecular weight is 206 g/mol. The molecule has 0 aliphatic carbocycles. The van der Waals surface area contributed by atoms with Crippen LogP contribution >= 0.6 is 0 Å². The molecule has 0 fully saturated rings. The third-order valence-corrected chi connectivity index (χ3v) is 1.74. The monoisotopic (exact) mass is 206 g/mol. The van der Waals surface area contributed by atoms with Crippen LogP contribution in [0.2, 0.25) is 0 Å². The molecule has 0 spiro atoms. The molecule has 0 aromatic rings. The van der Waals surface area contributed by atoms with Gasteiger partial charge in [0.05, 0.1) is 5.92 Å². The third kappa shape index (κ3) is 22.5. The maximum Gasteiger partial charge on any atom is 0.306 e. The van der Waals surface area contributed by atoms with Gasteiger partial charge in [-0.15, -0.1) is 0 Å². The van der Waals surface area contributed by atoms with Gasteiger partial charge in [-0.1, -0.05) is 61.8 Å². The van der Waals surface area contributed by atoms with Crippen LogP contribution in [0.25, 0.3) is 0 Å². The molecule has 0 amide bonds. The van der Waals surface area contributed by atoms with E-state index < -0.39 is 5.97 Å². The fraction of sp³-hybridized carbons (Fsp3) is 0.917. The Balaban J connectivity index is -0.0000000651. The molecule has 0 aromatic carbocycles. The number of hydrogen-bond donors (Lipinski definition) is 1. The molecule has 0 saturated heterocycles. The van der Waals surface area contributed by atoms with Crippen LogP contribution in [0.3, 0.4) is 0 Å². The van der Waals surface area contributed by atoms with Crippen molar-refractivity contribution in [2.45, 2.75) is 68.2 Å². The SMILES string of the molecule is C.C.CCC(C)C(=O)O.CCCCC. The van der Waals surface area contributed by atoms with Gasteiger partial charge < -0.3 is 5.11 Å². The highest BCUT2D eigenvalue weighted by molar-refractivity contribution is 5.69. The molecule has 0 heterocycles. The predicted molar refractivity (Wildman–Crippen MR) is 65.8 cm³/mol. The van der Waals surface area contributed by atoms with Crippen molar-refractivity contribution in [1.29, 1.82) is 0 Å². The number of carbonyl (C=O) groups is 1. The van der Waals surface area contributed by atoms with Crippen molar-refractivity contribution in [3.8, 4) is 0 Å². The molecule has 0 saturated carbocycles. The van der Waals surface area contributed by atoms with Crippen molar-refractivity contribution in [3.05, 3.63) is 0 Å². The summed E-state index contributed by atoms with van der Waals surface area (Å²) in [6.45, 7) is 7.98. The Morgan fingerprint density at radius 1 is 1.14 bits per heavy atom. The normalized spacial score (nSPS) is 9.71. The van der Waals surface area contributed by atoms with E-state index in [1.54, 1.807) is 6.92 Å². The van der Waals surface area contributed by atoms with E-state index in [1.165, 1.54) is 19.3 Å². The number of carboxylic acids is 1. The van der Waals surface area contributed by atoms with Gasteiger partial charge in [0, 0.05) is 0 Å². The van der Waals surface area contributed by atoms with Crippen molar-refractivity contribution >= 4 is 5.97 Å². The van der Waals surface area contributed by atoms with Gasteiger partial charge in [-0.25, -0.2) is 0 Å². The Labute approximate surface area is 90.7 Å². The summed E-state index contributed by atoms with van der Waals surface area (Å²) in [6.07, 6.45) is 4.79. The molecule has 0 aliphatic rings. The summed E-state index contributed by atoms with van der Waals surface area (Å²) in [5.41, 5.74) is 0. The number of hydrogen-bond acceptors (Lipinski definition) is 1. The van der Waals surface area contributed by atoms with E-state index in [4.69, 9.17) is 5.11 Å². The molecule has 90 valence electrons. The standard InChI is InChI=1S/C5H10O2.C5H12.2CH4/c1-3-4(2)5(6)7;1-3-5-4-2;;/h4H,3H2,1-2H3,(H,6,7);3-5H2,1-2H3;2*1H4. The van der Waals surface area contributed by atoms with Gasteiger partial charge in [-0.2, -0.15) is 0 Å². The molecule has 0 aliphatic heterocycles. The number of unbranched alkanes of at least 4 members (excludes halogenated alkanes) is 2. The molecule has 2 nitrogen and oxygen atoms in total. The fourth-order valence-corrected chi connectivity index (χ4v) is 0.528. The zero-order valence-electron chi connectivity index (χ0n) is 8.76. The highest BCUT2D eigenvalue weighted by Gasteiger charge is 2.05. The quantitative estimate of drug-likeness (QED) is 0.730. The molecule has 0 bridgehead atoms. The summed E-state index contributed by atoms with van der Waals surface area (Å²) in [6, 6.07) is 0. The molecule has 1 atom stereocenters. The minimum absolute atomic E-state index is 0.